The molecule has 0 amide bonds. The van der Waals surface area contributed by atoms with Crippen molar-refractivity contribution in [3.05, 3.63) is 64.1 Å². The molecule has 0 aliphatic heterocycles. The van der Waals surface area contributed by atoms with E-state index in [4.69, 9.17) is 4.74 Å². The van der Waals surface area contributed by atoms with E-state index in [1.807, 2.05) is 24.3 Å². The summed E-state index contributed by atoms with van der Waals surface area (Å²) in [6.45, 7) is 5.77. The molecule has 0 aromatic heterocycles. The van der Waals surface area contributed by atoms with E-state index in [1.165, 1.54) is 11.1 Å². The van der Waals surface area contributed by atoms with Crippen molar-refractivity contribution in [3.8, 4) is 5.75 Å². The Kier molecular flexibility index (Phi) is 5.62. The van der Waals surface area contributed by atoms with E-state index in [1.54, 1.807) is 0 Å². The van der Waals surface area contributed by atoms with E-state index in [0.717, 1.165) is 16.8 Å². The Labute approximate surface area is 129 Å². The van der Waals surface area contributed by atoms with Crippen molar-refractivity contribution in [2.45, 2.75) is 19.9 Å². The Morgan fingerprint density at radius 1 is 1.15 bits per heavy atom. The minimum atomic E-state index is 0.334. The third-order valence-electron chi connectivity index (χ3n) is 3.16. The highest BCUT2D eigenvalue weighted by atomic mass is 79.9. The molecule has 1 N–H and O–H groups in total. The molecule has 0 saturated carbocycles. The fourth-order valence-corrected chi connectivity index (χ4v) is 2.44. The van der Waals surface area contributed by atoms with Gasteiger partial charge in [0, 0.05) is 17.1 Å². The van der Waals surface area contributed by atoms with E-state index >= 15 is 0 Å². The summed E-state index contributed by atoms with van der Waals surface area (Å²) in [6.07, 6.45) is 0. The maximum atomic E-state index is 5.70. The summed E-state index contributed by atoms with van der Waals surface area (Å²) in [5.74, 6) is 0.893. The van der Waals surface area contributed by atoms with Crippen LogP contribution < -0.4 is 10.1 Å². The fraction of sp³-hybridized carbons (Fsp3) is 0.294. The van der Waals surface area contributed by atoms with Gasteiger partial charge in [0.1, 0.15) is 12.4 Å². The van der Waals surface area contributed by atoms with Crippen LogP contribution >= 0.6 is 15.9 Å². The van der Waals surface area contributed by atoms with E-state index in [9.17, 15) is 0 Å². The lowest BCUT2D eigenvalue weighted by Gasteiger charge is -2.15. The second kappa shape index (κ2) is 7.46. The van der Waals surface area contributed by atoms with Gasteiger partial charge in [-0.25, -0.2) is 0 Å². The predicted octanol–water partition coefficient (Wildman–Crippen LogP) is 4.49. The first-order chi connectivity index (χ1) is 9.65. The van der Waals surface area contributed by atoms with Crippen molar-refractivity contribution in [2.24, 2.45) is 0 Å². The summed E-state index contributed by atoms with van der Waals surface area (Å²) in [5, 5.41) is 3.47. The molecule has 3 heteroatoms. The van der Waals surface area contributed by atoms with Crippen LogP contribution in [0.3, 0.4) is 0 Å². The molecule has 0 radical (unpaired) electrons. The normalized spacial score (nSPS) is 12.2. The standard InChI is InChI=1S/C17H20BrNO/c1-13-5-3-6-15(11-13)14(2)19-9-10-20-17-8-4-7-16(18)12-17/h3-8,11-12,14,19H,9-10H2,1-2H3/t14-/m1/s1. The Hall–Kier alpha value is -1.32. The molecule has 20 heavy (non-hydrogen) atoms. The zero-order valence-corrected chi connectivity index (χ0v) is 13.5. The van der Waals surface area contributed by atoms with Gasteiger partial charge in [-0.1, -0.05) is 51.8 Å². The highest BCUT2D eigenvalue weighted by molar-refractivity contribution is 9.10. The zero-order valence-electron chi connectivity index (χ0n) is 11.9. The molecule has 0 aliphatic rings. The van der Waals surface area contributed by atoms with Crippen molar-refractivity contribution in [1.29, 1.82) is 0 Å². The Morgan fingerprint density at radius 3 is 2.70 bits per heavy atom. The molecule has 2 rings (SSSR count). The Balaban J connectivity index is 1.76. The molecule has 0 unspecified atom stereocenters. The first kappa shape index (κ1) is 15.1. The van der Waals surface area contributed by atoms with Gasteiger partial charge in [0.2, 0.25) is 0 Å². The third-order valence-corrected chi connectivity index (χ3v) is 3.65. The number of nitrogens with one attached hydrogen (secondary N) is 1. The van der Waals surface area contributed by atoms with Crippen molar-refractivity contribution >= 4 is 15.9 Å². The van der Waals surface area contributed by atoms with E-state index in [0.29, 0.717) is 12.6 Å². The molecular weight excluding hydrogens is 314 g/mol. The van der Waals surface area contributed by atoms with Gasteiger partial charge >= 0.3 is 0 Å². The number of benzene rings is 2. The summed E-state index contributed by atoms with van der Waals surface area (Å²) >= 11 is 3.44. The number of hydrogen-bond acceptors (Lipinski definition) is 2. The van der Waals surface area contributed by atoms with Crippen LogP contribution in [0.2, 0.25) is 0 Å². The molecular formula is C17H20BrNO. The van der Waals surface area contributed by atoms with Gasteiger partial charge in [-0.15, -0.1) is 0 Å². The van der Waals surface area contributed by atoms with Crippen LogP contribution in [0.15, 0.2) is 53.0 Å². The number of hydrogen-bond donors (Lipinski definition) is 1. The largest absolute Gasteiger partial charge is 0.492 e. The monoisotopic (exact) mass is 333 g/mol. The van der Waals surface area contributed by atoms with Crippen molar-refractivity contribution in [2.75, 3.05) is 13.2 Å². The number of halogens is 1. The predicted molar refractivity (Wildman–Crippen MR) is 87.2 cm³/mol. The SMILES string of the molecule is Cc1cccc([C@@H](C)NCCOc2cccc(Br)c2)c1. The summed E-state index contributed by atoms with van der Waals surface area (Å²) < 4.78 is 6.74. The molecule has 1 atom stereocenters. The second-order valence-corrected chi connectivity index (χ2v) is 5.81. The van der Waals surface area contributed by atoms with Crippen molar-refractivity contribution in [3.63, 3.8) is 0 Å². The third kappa shape index (κ3) is 4.66. The maximum Gasteiger partial charge on any atom is 0.120 e. The molecule has 0 heterocycles. The van der Waals surface area contributed by atoms with Crippen LogP contribution in [0.4, 0.5) is 0 Å². The molecule has 0 bridgehead atoms. The van der Waals surface area contributed by atoms with Crippen LogP contribution in [0.5, 0.6) is 5.75 Å². The van der Waals surface area contributed by atoms with Crippen LogP contribution in [0.1, 0.15) is 24.1 Å². The quantitative estimate of drug-likeness (QED) is 0.786. The Morgan fingerprint density at radius 2 is 1.95 bits per heavy atom. The van der Waals surface area contributed by atoms with Crippen LogP contribution in [-0.2, 0) is 0 Å². The highest BCUT2D eigenvalue weighted by Crippen LogP contribution is 2.17. The minimum absolute atomic E-state index is 0.334. The lowest BCUT2D eigenvalue weighted by atomic mass is 10.1. The molecule has 0 saturated heterocycles. The lowest BCUT2D eigenvalue weighted by Crippen LogP contribution is -2.24. The average molecular weight is 334 g/mol. The van der Waals surface area contributed by atoms with Crippen LogP contribution in [0.25, 0.3) is 0 Å². The van der Waals surface area contributed by atoms with Crippen molar-refractivity contribution in [1.82, 2.24) is 5.32 Å². The van der Waals surface area contributed by atoms with Gasteiger partial charge < -0.3 is 10.1 Å². The van der Waals surface area contributed by atoms with Gasteiger partial charge in [0.25, 0.3) is 0 Å². The topological polar surface area (TPSA) is 21.3 Å². The highest BCUT2D eigenvalue weighted by Gasteiger charge is 2.04. The second-order valence-electron chi connectivity index (χ2n) is 4.90. The van der Waals surface area contributed by atoms with Gasteiger partial charge in [-0.2, -0.15) is 0 Å². The fourth-order valence-electron chi connectivity index (χ4n) is 2.06. The number of ether oxygens (including phenoxy) is 1. The van der Waals surface area contributed by atoms with Gasteiger partial charge in [0.15, 0.2) is 0 Å². The van der Waals surface area contributed by atoms with E-state index < -0.39 is 0 Å². The molecule has 2 aromatic rings. The summed E-state index contributed by atoms with van der Waals surface area (Å²) in [6, 6.07) is 16.8. The first-order valence-electron chi connectivity index (χ1n) is 6.83. The average Bonchev–Trinajstić information content (AvgIpc) is 2.43. The smallest absolute Gasteiger partial charge is 0.120 e. The molecule has 0 fully saturated rings. The van der Waals surface area contributed by atoms with E-state index in [-0.39, 0.29) is 0 Å². The van der Waals surface area contributed by atoms with Crippen LogP contribution in [-0.4, -0.2) is 13.2 Å². The van der Waals surface area contributed by atoms with Crippen molar-refractivity contribution < 1.29 is 4.74 Å². The van der Waals surface area contributed by atoms with E-state index in [2.05, 4.69) is 59.4 Å². The molecule has 2 nitrogen and oxygen atoms in total. The summed E-state index contributed by atoms with van der Waals surface area (Å²) in [5.41, 5.74) is 2.61. The Bertz CT molecular complexity index is 556. The lowest BCUT2D eigenvalue weighted by molar-refractivity contribution is 0.307. The molecule has 0 aliphatic carbocycles. The summed E-state index contributed by atoms with van der Waals surface area (Å²) in [4.78, 5) is 0. The maximum absolute atomic E-state index is 5.70. The van der Waals surface area contributed by atoms with Gasteiger partial charge in [-0.3, -0.25) is 0 Å². The number of rotatable bonds is 6. The summed E-state index contributed by atoms with van der Waals surface area (Å²) in [7, 11) is 0. The molecule has 0 spiro atoms. The first-order valence-corrected chi connectivity index (χ1v) is 7.63. The van der Waals surface area contributed by atoms with Crippen LogP contribution in [0, 0.1) is 6.92 Å². The van der Waals surface area contributed by atoms with Gasteiger partial charge in [-0.05, 0) is 37.6 Å². The molecule has 2 aromatic carbocycles. The molecule has 106 valence electrons. The minimum Gasteiger partial charge on any atom is -0.492 e. The number of aryl methyl sites for hydroxylation is 1. The zero-order chi connectivity index (χ0) is 14.4. The van der Waals surface area contributed by atoms with Gasteiger partial charge in [0.05, 0.1) is 0 Å².